The Labute approximate surface area is 197 Å². The van der Waals surface area contributed by atoms with E-state index in [0.29, 0.717) is 35.3 Å². The number of nitrogens with one attached hydrogen (secondary N) is 2. The fourth-order valence-electron chi connectivity index (χ4n) is 3.96. The first kappa shape index (κ1) is 21.4. The summed E-state index contributed by atoms with van der Waals surface area (Å²) in [6.07, 6.45) is 0. The number of benzene rings is 3. The van der Waals surface area contributed by atoms with Crippen LogP contribution in [0.5, 0.6) is 5.75 Å². The number of carbonyl (C=O) groups excluding carboxylic acids is 1. The molecule has 0 saturated heterocycles. The van der Waals surface area contributed by atoms with Crippen LogP contribution in [0.25, 0.3) is 0 Å². The molecule has 1 atom stereocenters. The van der Waals surface area contributed by atoms with Gasteiger partial charge in [0.05, 0.1) is 5.57 Å². The lowest BCUT2D eigenvalue weighted by molar-refractivity contribution is -0.113. The molecule has 8 heteroatoms. The van der Waals surface area contributed by atoms with Crippen LogP contribution in [0.1, 0.15) is 29.7 Å². The summed E-state index contributed by atoms with van der Waals surface area (Å²) in [5.74, 6) is 0.949. The van der Waals surface area contributed by atoms with Gasteiger partial charge in [0.25, 0.3) is 5.91 Å². The molecule has 0 aliphatic carbocycles. The minimum absolute atomic E-state index is 0.228. The standard InChI is InChI=1S/C26H24N6O2/c1-17-11-13-19(14-12-17)16-34-22-10-6-7-20(15-22)24-23(18(2)27-26-29-30-31-32(24)26)25(33)28-21-8-4-3-5-9-21/h3-15,24H,16H2,1-2H3,(H,28,33)(H,27,29,31). The van der Waals surface area contributed by atoms with Crippen LogP contribution in [0.4, 0.5) is 11.6 Å². The largest absolute Gasteiger partial charge is 0.489 e. The molecule has 1 unspecified atom stereocenters. The number of anilines is 2. The second kappa shape index (κ2) is 9.19. The van der Waals surface area contributed by atoms with Crippen LogP contribution in [0.2, 0.25) is 0 Å². The Hall–Kier alpha value is -4.46. The molecule has 0 bridgehead atoms. The number of hydrogen-bond donors (Lipinski definition) is 2. The van der Waals surface area contributed by atoms with Crippen molar-refractivity contribution in [3.63, 3.8) is 0 Å². The van der Waals surface area contributed by atoms with E-state index in [-0.39, 0.29) is 5.91 Å². The van der Waals surface area contributed by atoms with Crippen LogP contribution in [0.15, 0.2) is 90.1 Å². The number of fused-ring (bicyclic) bond motifs is 1. The molecule has 0 saturated carbocycles. The molecule has 3 aromatic carbocycles. The molecule has 1 aliphatic heterocycles. The van der Waals surface area contributed by atoms with Crippen molar-refractivity contribution in [1.29, 1.82) is 0 Å². The summed E-state index contributed by atoms with van der Waals surface area (Å²) in [6.45, 7) is 4.35. The first-order valence-corrected chi connectivity index (χ1v) is 11.0. The number of nitrogens with zero attached hydrogens (tertiary/aromatic N) is 4. The van der Waals surface area contributed by atoms with Gasteiger partial charge >= 0.3 is 0 Å². The van der Waals surface area contributed by atoms with E-state index in [1.807, 2.05) is 61.5 Å². The number of rotatable bonds is 6. The van der Waals surface area contributed by atoms with Gasteiger partial charge < -0.3 is 15.4 Å². The number of aryl methyl sites for hydroxylation is 1. The minimum Gasteiger partial charge on any atom is -0.489 e. The Kier molecular flexibility index (Phi) is 5.78. The van der Waals surface area contributed by atoms with Crippen molar-refractivity contribution < 1.29 is 9.53 Å². The predicted molar refractivity (Wildman–Crippen MR) is 129 cm³/mol. The second-order valence-corrected chi connectivity index (χ2v) is 8.18. The van der Waals surface area contributed by atoms with E-state index in [1.54, 1.807) is 4.68 Å². The van der Waals surface area contributed by atoms with Gasteiger partial charge in [0.2, 0.25) is 5.95 Å². The molecule has 8 nitrogen and oxygen atoms in total. The second-order valence-electron chi connectivity index (χ2n) is 8.18. The van der Waals surface area contributed by atoms with Crippen molar-refractivity contribution >= 4 is 17.5 Å². The van der Waals surface area contributed by atoms with Crippen LogP contribution < -0.4 is 15.4 Å². The molecule has 1 aliphatic rings. The zero-order valence-electron chi connectivity index (χ0n) is 18.9. The molecule has 4 aromatic rings. The van der Waals surface area contributed by atoms with Gasteiger partial charge in [-0.25, -0.2) is 0 Å². The van der Waals surface area contributed by atoms with E-state index < -0.39 is 6.04 Å². The summed E-state index contributed by atoms with van der Waals surface area (Å²) in [6, 6.07) is 24.8. The lowest BCUT2D eigenvalue weighted by Gasteiger charge is -2.28. The molecular formula is C26H24N6O2. The Morgan fingerprint density at radius 3 is 2.62 bits per heavy atom. The maximum atomic E-state index is 13.4. The number of ether oxygens (including phenoxy) is 1. The molecule has 1 aromatic heterocycles. The predicted octanol–water partition coefficient (Wildman–Crippen LogP) is 4.49. The van der Waals surface area contributed by atoms with Crippen molar-refractivity contribution in [1.82, 2.24) is 20.2 Å². The van der Waals surface area contributed by atoms with Crippen molar-refractivity contribution in [2.24, 2.45) is 0 Å². The van der Waals surface area contributed by atoms with Gasteiger partial charge in [0, 0.05) is 11.4 Å². The summed E-state index contributed by atoms with van der Waals surface area (Å²) in [4.78, 5) is 13.4. The van der Waals surface area contributed by atoms with Crippen molar-refractivity contribution in [2.45, 2.75) is 26.5 Å². The zero-order chi connectivity index (χ0) is 23.5. The van der Waals surface area contributed by atoms with Crippen molar-refractivity contribution in [2.75, 3.05) is 10.6 Å². The Morgan fingerprint density at radius 2 is 1.82 bits per heavy atom. The Balaban J connectivity index is 1.45. The topological polar surface area (TPSA) is 94.0 Å². The Morgan fingerprint density at radius 1 is 1.03 bits per heavy atom. The van der Waals surface area contributed by atoms with Crippen molar-refractivity contribution in [3.05, 3.63) is 107 Å². The van der Waals surface area contributed by atoms with Crippen LogP contribution in [-0.4, -0.2) is 26.1 Å². The monoisotopic (exact) mass is 452 g/mol. The molecule has 0 radical (unpaired) electrons. The number of allylic oxidation sites excluding steroid dienone is 1. The number of aromatic nitrogens is 4. The molecule has 0 spiro atoms. The van der Waals surface area contributed by atoms with Gasteiger partial charge in [-0.2, -0.15) is 4.68 Å². The van der Waals surface area contributed by atoms with Gasteiger partial charge in [0.15, 0.2) is 0 Å². The van der Waals surface area contributed by atoms with Gasteiger partial charge in [-0.15, -0.1) is 0 Å². The Bertz CT molecular complexity index is 1350. The van der Waals surface area contributed by atoms with Crippen LogP contribution in [-0.2, 0) is 11.4 Å². The van der Waals surface area contributed by atoms with E-state index in [2.05, 4.69) is 57.3 Å². The first-order valence-electron chi connectivity index (χ1n) is 11.0. The smallest absolute Gasteiger partial charge is 0.255 e. The lowest BCUT2D eigenvalue weighted by Crippen LogP contribution is -2.31. The van der Waals surface area contributed by atoms with Crippen LogP contribution in [0.3, 0.4) is 0 Å². The highest BCUT2D eigenvalue weighted by atomic mass is 16.5. The van der Waals surface area contributed by atoms with Crippen molar-refractivity contribution in [3.8, 4) is 5.75 Å². The number of amides is 1. The first-order chi connectivity index (χ1) is 16.6. The van der Waals surface area contributed by atoms with E-state index in [0.717, 1.165) is 11.1 Å². The average Bonchev–Trinajstić information content (AvgIpc) is 3.31. The summed E-state index contributed by atoms with van der Waals surface area (Å²) in [5.41, 5.74) is 5.06. The molecule has 2 heterocycles. The fraction of sp³-hybridized carbons (Fsp3) is 0.154. The maximum Gasteiger partial charge on any atom is 0.255 e. The number of para-hydroxylation sites is 1. The fourth-order valence-corrected chi connectivity index (χ4v) is 3.96. The molecule has 5 rings (SSSR count). The van der Waals surface area contributed by atoms with Gasteiger partial charge in [-0.3, -0.25) is 4.79 Å². The third-order valence-electron chi connectivity index (χ3n) is 5.69. The summed E-state index contributed by atoms with van der Waals surface area (Å²) >= 11 is 0. The van der Waals surface area contributed by atoms with Crippen LogP contribution in [0, 0.1) is 6.92 Å². The van der Waals surface area contributed by atoms with Gasteiger partial charge in [-0.05, 0) is 59.7 Å². The SMILES string of the molecule is CC1=C(C(=O)Nc2ccccc2)C(c2cccc(OCc3ccc(C)cc3)c2)n2nnnc2N1. The van der Waals surface area contributed by atoms with E-state index in [9.17, 15) is 4.79 Å². The lowest BCUT2D eigenvalue weighted by atomic mass is 9.95. The highest BCUT2D eigenvalue weighted by molar-refractivity contribution is 6.06. The third kappa shape index (κ3) is 4.38. The normalized spacial score (nSPS) is 14.8. The highest BCUT2D eigenvalue weighted by Gasteiger charge is 2.34. The highest BCUT2D eigenvalue weighted by Crippen LogP contribution is 2.36. The van der Waals surface area contributed by atoms with E-state index in [1.165, 1.54) is 5.56 Å². The molecule has 170 valence electrons. The number of carbonyl (C=O) groups is 1. The minimum atomic E-state index is -0.516. The third-order valence-corrected chi connectivity index (χ3v) is 5.69. The van der Waals surface area contributed by atoms with E-state index >= 15 is 0 Å². The quantitative estimate of drug-likeness (QED) is 0.448. The molecular weight excluding hydrogens is 428 g/mol. The maximum absolute atomic E-state index is 13.4. The zero-order valence-corrected chi connectivity index (χ0v) is 18.9. The van der Waals surface area contributed by atoms with Gasteiger partial charge in [-0.1, -0.05) is 65.3 Å². The summed E-state index contributed by atoms with van der Waals surface area (Å²) in [7, 11) is 0. The molecule has 34 heavy (non-hydrogen) atoms. The number of hydrogen-bond acceptors (Lipinski definition) is 6. The van der Waals surface area contributed by atoms with Gasteiger partial charge in [0.1, 0.15) is 18.4 Å². The summed E-state index contributed by atoms with van der Waals surface area (Å²) < 4.78 is 7.67. The molecule has 0 fully saturated rings. The van der Waals surface area contributed by atoms with Crippen LogP contribution >= 0.6 is 0 Å². The summed E-state index contributed by atoms with van der Waals surface area (Å²) in [5, 5.41) is 18.1. The van der Waals surface area contributed by atoms with E-state index in [4.69, 9.17) is 4.74 Å². The molecule has 1 amide bonds. The molecule has 2 N–H and O–H groups in total. The average molecular weight is 453 g/mol. The number of tetrazole rings is 1.